The van der Waals surface area contributed by atoms with Gasteiger partial charge in [0.2, 0.25) is 5.43 Å². The molecule has 0 bridgehead atoms. The number of benzene rings is 1. The summed E-state index contributed by atoms with van der Waals surface area (Å²) < 4.78 is 28.9. The summed E-state index contributed by atoms with van der Waals surface area (Å²) in [5.41, 5.74) is -0.224. The predicted molar refractivity (Wildman–Crippen MR) is 114 cm³/mol. The van der Waals surface area contributed by atoms with E-state index in [1.807, 2.05) is 4.90 Å². The van der Waals surface area contributed by atoms with E-state index in [-0.39, 0.29) is 35.2 Å². The molecule has 3 aliphatic rings. The summed E-state index contributed by atoms with van der Waals surface area (Å²) in [5.74, 6) is -2.11. The van der Waals surface area contributed by atoms with Gasteiger partial charge in [-0.1, -0.05) is 6.07 Å². The third-order valence-electron chi connectivity index (χ3n) is 6.94. The van der Waals surface area contributed by atoms with Crippen LogP contribution in [0.1, 0.15) is 52.7 Å². The molecule has 0 radical (unpaired) electrons. The van der Waals surface area contributed by atoms with Gasteiger partial charge in [-0.05, 0) is 37.3 Å². The summed E-state index contributed by atoms with van der Waals surface area (Å²) in [4.78, 5) is 32.9. The second kappa shape index (κ2) is 6.71. The van der Waals surface area contributed by atoms with Gasteiger partial charge in [0.05, 0.1) is 17.1 Å². The van der Waals surface area contributed by atoms with E-state index >= 15 is 0 Å². The molecule has 1 N–H and O–H groups in total. The molecule has 2 atom stereocenters. The summed E-state index contributed by atoms with van der Waals surface area (Å²) in [6, 6.07) is 3.47. The Balaban J connectivity index is 1.39. The van der Waals surface area contributed by atoms with Crippen molar-refractivity contribution < 1.29 is 18.7 Å². The number of aromatic nitrogens is 2. The van der Waals surface area contributed by atoms with Crippen molar-refractivity contribution in [2.75, 3.05) is 6.54 Å². The monoisotopic (exact) mass is 455 g/mol. The maximum absolute atomic E-state index is 14.0. The Morgan fingerprint density at radius 1 is 1.25 bits per heavy atom. The Labute approximate surface area is 185 Å². The lowest BCUT2D eigenvalue weighted by atomic mass is 9.96. The number of carbonyl (C=O) groups excluding carboxylic acids is 1. The number of hydrogen-bond donors (Lipinski definition) is 1. The zero-order chi connectivity index (χ0) is 22.2. The highest BCUT2D eigenvalue weighted by atomic mass is 32.1. The molecule has 9 heteroatoms. The van der Waals surface area contributed by atoms with Crippen molar-refractivity contribution in [3.8, 4) is 16.3 Å². The summed E-state index contributed by atoms with van der Waals surface area (Å²) in [6.45, 7) is 0.653. The molecule has 32 heavy (non-hydrogen) atoms. The first-order valence-electron chi connectivity index (χ1n) is 10.6. The molecule has 3 aromatic rings. The lowest BCUT2D eigenvalue weighted by Gasteiger charge is -2.41. The van der Waals surface area contributed by atoms with Crippen molar-refractivity contribution in [3.05, 3.63) is 68.6 Å². The molecule has 2 fully saturated rings. The maximum Gasteiger partial charge on any atom is 0.275 e. The fourth-order valence-corrected chi connectivity index (χ4v) is 6.22. The molecule has 1 spiro atoms. The molecule has 1 saturated heterocycles. The number of carbonyl (C=O) groups is 1. The van der Waals surface area contributed by atoms with Crippen LogP contribution in [-0.2, 0) is 6.42 Å². The van der Waals surface area contributed by atoms with E-state index in [4.69, 9.17) is 0 Å². The van der Waals surface area contributed by atoms with Crippen LogP contribution in [0.25, 0.3) is 10.6 Å². The quantitative estimate of drug-likeness (QED) is 0.651. The molecule has 0 unspecified atom stereocenters. The van der Waals surface area contributed by atoms with Crippen molar-refractivity contribution in [3.63, 3.8) is 0 Å². The van der Waals surface area contributed by atoms with E-state index in [0.29, 0.717) is 22.0 Å². The number of thiazole rings is 1. The lowest BCUT2D eigenvalue weighted by Crippen LogP contribution is -2.51. The minimum Gasteiger partial charge on any atom is -0.503 e. The third-order valence-corrected chi connectivity index (χ3v) is 7.97. The van der Waals surface area contributed by atoms with Gasteiger partial charge in [-0.25, -0.2) is 13.8 Å². The highest BCUT2D eigenvalue weighted by Gasteiger charge is 2.65. The Kier molecular flexibility index (Phi) is 4.11. The molecular weight excluding hydrogens is 436 g/mol. The molecule has 2 aliphatic heterocycles. The van der Waals surface area contributed by atoms with Gasteiger partial charge < -0.3 is 14.6 Å². The summed E-state index contributed by atoms with van der Waals surface area (Å²) in [5, 5.41) is 11.1. The minimum absolute atomic E-state index is 0.0495. The molecule has 6 nitrogen and oxygen atoms in total. The Morgan fingerprint density at radius 3 is 2.91 bits per heavy atom. The minimum atomic E-state index is -0.641. The zero-order valence-corrected chi connectivity index (χ0v) is 17.8. The number of rotatable bonds is 3. The molecular formula is C23H19F2N3O3S. The first kappa shape index (κ1) is 19.6. The zero-order valence-electron chi connectivity index (χ0n) is 17.0. The van der Waals surface area contributed by atoms with Crippen LogP contribution in [0, 0.1) is 11.6 Å². The predicted octanol–water partition coefficient (Wildman–Crippen LogP) is 3.87. The van der Waals surface area contributed by atoms with Crippen LogP contribution in [0.5, 0.6) is 5.75 Å². The number of halogens is 2. The van der Waals surface area contributed by atoms with E-state index in [0.717, 1.165) is 31.7 Å². The van der Waals surface area contributed by atoms with E-state index in [9.17, 15) is 23.5 Å². The van der Waals surface area contributed by atoms with E-state index in [1.54, 1.807) is 17.0 Å². The molecule has 6 rings (SSSR count). The van der Waals surface area contributed by atoms with Crippen LogP contribution in [-0.4, -0.2) is 37.5 Å². The third kappa shape index (κ3) is 2.70. The van der Waals surface area contributed by atoms with Gasteiger partial charge in [-0.15, -0.1) is 11.3 Å². The number of amides is 1. The summed E-state index contributed by atoms with van der Waals surface area (Å²) in [7, 11) is 0. The van der Waals surface area contributed by atoms with E-state index in [2.05, 4.69) is 4.98 Å². The molecule has 1 saturated carbocycles. The molecule has 4 heterocycles. The number of pyridine rings is 1. The van der Waals surface area contributed by atoms with Crippen molar-refractivity contribution in [2.24, 2.45) is 0 Å². The van der Waals surface area contributed by atoms with Gasteiger partial charge >= 0.3 is 0 Å². The van der Waals surface area contributed by atoms with Crippen LogP contribution in [0.3, 0.4) is 0 Å². The van der Waals surface area contributed by atoms with Gasteiger partial charge in [0.1, 0.15) is 16.6 Å². The van der Waals surface area contributed by atoms with E-state index in [1.165, 1.54) is 23.5 Å². The van der Waals surface area contributed by atoms with E-state index < -0.39 is 22.8 Å². The smallest absolute Gasteiger partial charge is 0.275 e. The highest BCUT2D eigenvalue weighted by molar-refractivity contribution is 7.15. The average molecular weight is 455 g/mol. The summed E-state index contributed by atoms with van der Waals surface area (Å²) in [6.07, 6.45) is 7.14. The number of nitrogens with zero attached hydrogens (tertiary/aromatic N) is 3. The molecule has 164 valence electrons. The maximum atomic E-state index is 14.0. The van der Waals surface area contributed by atoms with Gasteiger partial charge in [-0.2, -0.15) is 0 Å². The Morgan fingerprint density at radius 2 is 2.09 bits per heavy atom. The van der Waals surface area contributed by atoms with Gasteiger partial charge in [0.15, 0.2) is 11.4 Å². The topological polar surface area (TPSA) is 75.4 Å². The summed E-state index contributed by atoms with van der Waals surface area (Å²) >= 11 is 1.21. The van der Waals surface area contributed by atoms with Gasteiger partial charge in [0.25, 0.3) is 5.91 Å². The number of fused-ring (bicyclic) bond motifs is 2. The SMILES string of the molecule is O=C1c2c(O)c(=O)c(-c3ncc(Cc4ccc(F)cc4F)s3)cn2[C@@H]2C[C@@]23CCCCN13. The first-order valence-corrected chi connectivity index (χ1v) is 11.4. The standard InChI is InChI=1S/C23H19F2N3O3S/c24-13-4-3-12(16(25)8-13)7-14-10-26-21(32-14)15-11-27-17-9-23(17)5-1-2-6-28(23)22(31)18(27)20(30)19(15)29/h3-4,8,10-11,17,30H,1-2,5-7,9H2/t17-,23+/m1/s1. The second-order valence-corrected chi connectivity index (χ2v) is 9.87. The van der Waals surface area contributed by atoms with Crippen LogP contribution in [0.15, 0.2) is 35.4 Å². The lowest BCUT2D eigenvalue weighted by molar-refractivity contribution is 0.0477. The largest absolute Gasteiger partial charge is 0.503 e. The molecule has 1 aliphatic carbocycles. The van der Waals surface area contributed by atoms with Crippen LogP contribution in [0.4, 0.5) is 8.78 Å². The number of aromatic hydroxyl groups is 1. The second-order valence-electron chi connectivity index (χ2n) is 8.76. The molecule has 1 amide bonds. The van der Waals surface area contributed by atoms with Crippen LogP contribution < -0.4 is 5.43 Å². The molecule has 2 aromatic heterocycles. The van der Waals surface area contributed by atoms with Crippen LogP contribution in [0.2, 0.25) is 0 Å². The van der Waals surface area contributed by atoms with Crippen molar-refractivity contribution in [2.45, 2.75) is 43.7 Å². The van der Waals surface area contributed by atoms with Crippen molar-refractivity contribution in [1.82, 2.24) is 14.5 Å². The van der Waals surface area contributed by atoms with Gasteiger partial charge in [0, 0.05) is 36.3 Å². The van der Waals surface area contributed by atoms with Gasteiger partial charge in [-0.3, -0.25) is 9.59 Å². The Bertz CT molecular complexity index is 1350. The van der Waals surface area contributed by atoms with Crippen molar-refractivity contribution >= 4 is 17.2 Å². The highest BCUT2D eigenvalue weighted by Crippen LogP contribution is 2.60. The number of piperidine rings is 1. The fraction of sp³-hybridized carbons (Fsp3) is 0.348. The first-order chi connectivity index (χ1) is 15.4. The van der Waals surface area contributed by atoms with Crippen LogP contribution >= 0.6 is 11.3 Å². The molecule has 1 aromatic carbocycles. The normalized spacial score (nSPS) is 23.5. The average Bonchev–Trinajstić information content (AvgIpc) is 3.29. The van der Waals surface area contributed by atoms with Crippen molar-refractivity contribution in [1.29, 1.82) is 0 Å². The Hall–Kier alpha value is -3.07. The fourth-order valence-electron chi connectivity index (χ4n) is 5.28. The number of hydrogen-bond acceptors (Lipinski definition) is 5.